The van der Waals surface area contributed by atoms with Gasteiger partial charge in [0.05, 0.1) is 6.61 Å². The van der Waals surface area contributed by atoms with Crippen molar-refractivity contribution in [3.63, 3.8) is 0 Å². The first-order valence-electron chi connectivity index (χ1n) is 9.23. The number of anilines is 1. The standard InChI is InChI=1S/C20H25BN2O3/c24-20(23-18-12-11-17-15-26-21(25)19(17)14-18)22-13-7-2-1-4-8-16-9-5-3-6-10-16/h3,5-6,9-12,14,25H,1-2,4,7-8,13,15H2,(H2,22,23,24). The van der Waals surface area contributed by atoms with E-state index in [1.54, 1.807) is 6.07 Å². The monoisotopic (exact) mass is 352 g/mol. The van der Waals surface area contributed by atoms with Crippen LogP contribution >= 0.6 is 0 Å². The van der Waals surface area contributed by atoms with Gasteiger partial charge in [-0.05, 0) is 48.0 Å². The summed E-state index contributed by atoms with van der Waals surface area (Å²) in [6.45, 7) is 1.07. The molecule has 1 aliphatic rings. The second kappa shape index (κ2) is 9.41. The van der Waals surface area contributed by atoms with Crippen molar-refractivity contribution >= 4 is 24.3 Å². The molecule has 2 aromatic rings. The van der Waals surface area contributed by atoms with Gasteiger partial charge >= 0.3 is 13.1 Å². The summed E-state index contributed by atoms with van der Waals surface area (Å²) in [5.41, 5.74) is 3.73. The molecule has 0 aromatic heterocycles. The highest BCUT2D eigenvalue weighted by atomic mass is 16.5. The van der Waals surface area contributed by atoms with E-state index in [1.807, 2.05) is 18.2 Å². The van der Waals surface area contributed by atoms with Crippen molar-refractivity contribution in [3.05, 3.63) is 59.7 Å². The highest BCUT2D eigenvalue weighted by molar-refractivity contribution is 6.61. The minimum Gasteiger partial charge on any atom is -0.423 e. The summed E-state index contributed by atoms with van der Waals surface area (Å²) >= 11 is 0. The topological polar surface area (TPSA) is 70.6 Å². The lowest BCUT2D eigenvalue weighted by atomic mass is 9.79. The number of amides is 2. The molecule has 0 unspecified atom stereocenters. The van der Waals surface area contributed by atoms with Gasteiger partial charge in [0, 0.05) is 12.2 Å². The number of rotatable bonds is 8. The number of urea groups is 1. The molecule has 1 heterocycles. The number of unbranched alkanes of at least 4 members (excludes halogenated alkanes) is 3. The van der Waals surface area contributed by atoms with Gasteiger partial charge in [-0.15, -0.1) is 0 Å². The highest BCUT2D eigenvalue weighted by Crippen LogP contribution is 2.14. The molecule has 0 aliphatic carbocycles. The maximum atomic E-state index is 12.0. The Kier molecular flexibility index (Phi) is 6.69. The van der Waals surface area contributed by atoms with Gasteiger partial charge in [0.25, 0.3) is 0 Å². The summed E-state index contributed by atoms with van der Waals surface area (Å²) < 4.78 is 5.15. The van der Waals surface area contributed by atoms with E-state index in [1.165, 1.54) is 18.4 Å². The molecule has 26 heavy (non-hydrogen) atoms. The van der Waals surface area contributed by atoms with Crippen LogP contribution in [0.2, 0.25) is 0 Å². The van der Waals surface area contributed by atoms with Crippen molar-refractivity contribution in [1.29, 1.82) is 0 Å². The lowest BCUT2D eigenvalue weighted by Crippen LogP contribution is -2.31. The third-order valence-electron chi connectivity index (χ3n) is 4.59. The van der Waals surface area contributed by atoms with Gasteiger partial charge in [-0.25, -0.2) is 4.79 Å². The van der Waals surface area contributed by atoms with Gasteiger partial charge in [0.15, 0.2) is 0 Å². The third kappa shape index (κ3) is 5.34. The first-order valence-corrected chi connectivity index (χ1v) is 9.23. The van der Waals surface area contributed by atoms with Crippen LogP contribution in [-0.2, 0) is 17.7 Å². The molecule has 0 radical (unpaired) electrons. The minimum absolute atomic E-state index is 0.220. The second-order valence-corrected chi connectivity index (χ2v) is 6.61. The molecule has 1 aliphatic heterocycles. The van der Waals surface area contributed by atoms with Gasteiger partial charge in [-0.1, -0.05) is 49.2 Å². The SMILES string of the molecule is O=C(NCCCCCCc1ccccc1)Nc1ccc2c(c1)B(O)OC2. The van der Waals surface area contributed by atoms with Crippen LogP contribution < -0.4 is 16.1 Å². The van der Waals surface area contributed by atoms with E-state index >= 15 is 0 Å². The molecule has 0 spiro atoms. The zero-order chi connectivity index (χ0) is 18.2. The van der Waals surface area contributed by atoms with Crippen molar-refractivity contribution in [1.82, 2.24) is 5.32 Å². The van der Waals surface area contributed by atoms with Crippen LogP contribution in [0.5, 0.6) is 0 Å². The highest BCUT2D eigenvalue weighted by Gasteiger charge is 2.27. The van der Waals surface area contributed by atoms with Crippen LogP contribution in [-0.4, -0.2) is 24.7 Å². The minimum atomic E-state index is -0.898. The molecular weight excluding hydrogens is 327 g/mol. The van der Waals surface area contributed by atoms with E-state index in [0.717, 1.165) is 30.3 Å². The first kappa shape index (κ1) is 18.5. The van der Waals surface area contributed by atoms with Gasteiger partial charge in [-0.2, -0.15) is 0 Å². The van der Waals surface area contributed by atoms with Crippen LogP contribution in [0, 0.1) is 0 Å². The van der Waals surface area contributed by atoms with E-state index in [-0.39, 0.29) is 6.03 Å². The average Bonchev–Trinajstić information content (AvgIpc) is 3.02. The zero-order valence-corrected chi connectivity index (χ0v) is 14.9. The maximum absolute atomic E-state index is 12.0. The molecule has 2 amide bonds. The Morgan fingerprint density at radius 1 is 1.08 bits per heavy atom. The molecule has 0 bridgehead atoms. The second-order valence-electron chi connectivity index (χ2n) is 6.61. The van der Waals surface area contributed by atoms with Gasteiger partial charge in [0.1, 0.15) is 0 Å². The van der Waals surface area contributed by atoms with Crippen molar-refractivity contribution in [2.45, 2.75) is 38.7 Å². The summed E-state index contributed by atoms with van der Waals surface area (Å²) in [5, 5.41) is 15.4. The fourth-order valence-corrected chi connectivity index (χ4v) is 3.12. The van der Waals surface area contributed by atoms with E-state index < -0.39 is 7.12 Å². The van der Waals surface area contributed by atoms with Gasteiger partial charge < -0.3 is 20.3 Å². The largest absolute Gasteiger partial charge is 0.491 e. The Morgan fingerprint density at radius 2 is 1.88 bits per heavy atom. The Hall–Kier alpha value is -2.31. The van der Waals surface area contributed by atoms with Crippen LogP contribution in [0.1, 0.15) is 36.8 Å². The van der Waals surface area contributed by atoms with Gasteiger partial charge in [0.2, 0.25) is 0 Å². The Labute approximate surface area is 154 Å². The molecule has 3 N–H and O–H groups in total. The Morgan fingerprint density at radius 3 is 2.73 bits per heavy atom. The summed E-state index contributed by atoms with van der Waals surface area (Å²) in [6.07, 6.45) is 5.54. The van der Waals surface area contributed by atoms with E-state index in [9.17, 15) is 9.82 Å². The van der Waals surface area contributed by atoms with Crippen LogP contribution in [0.3, 0.4) is 0 Å². The number of hydrogen-bond donors (Lipinski definition) is 3. The molecule has 0 saturated heterocycles. The van der Waals surface area contributed by atoms with Crippen molar-refractivity contribution in [2.75, 3.05) is 11.9 Å². The van der Waals surface area contributed by atoms with Crippen LogP contribution in [0.15, 0.2) is 48.5 Å². The number of carbonyl (C=O) groups excluding carboxylic acids is 1. The summed E-state index contributed by atoms with van der Waals surface area (Å²) in [6, 6.07) is 15.7. The maximum Gasteiger partial charge on any atom is 0.491 e. The zero-order valence-electron chi connectivity index (χ0n) is 14.9. The van der Waals surface area contributed by atoms with Gasteiger partial charge in [-0.3, -0.25) is 0 Å². The molecule has 2 aromatic carbocycles. The molecule has 0 saturated carbocycles. The quantitative estimate of drug-likeness (QED) is 0.505. The van der Waals surface area contributed by atoms with Crippen molar-refractivity contribution < 1.29 is 14.5 Å². The number of carbonyl (C=O) groups is 1. The number of aryl methyl sites for hydroxylation is 1. The van der Waals surface area contributed by atoms with Crippen molar-refractivity contribution in [2.24, 2.45) is 0 Å². The Bertz CT molecular complexity index is 724. The lowest BCUT2D eigenvalue weighted by molar-refractivity contribution is 0.252. The van der Waals surface area contributed by atoms with Crippen LogP contribution in [0.25, 0.3) is 0 Å². The average molecular weight is 352 g/mol. The number of benzene rings is 2. The number of nitrogens with one attached hydrogen (secondary N) is 2. The van der Waals surface area contributed by atoms with Crippen LogP contribution in [0.4, 0.5) is 10.5 Å². The number of hydrogen-bond acceptors (Lipinski definition) is 3. The fraction of sp³-hybridized carbons (Fsp3) is 0.350. The Balaban J connectivity index is 1.28. The molecular formula is C20H25BN2O3. The molecule has 0 fully saturated rings. The molecule has 0 atom stereocenters. The summed E-state index contributed by atoms with van der Waals surface area (Å²) in [4.78, 5) is 12.0. The number of fused-ring (bicyclic) bond motifs is 1. The predicted molar refractivity (Wildman–Crippen MR) is 104 cm³/mol. The molecule has 6 heteroatoms. The predicted octanol–water partition coefficient (Wildman–Crippen LogP) is 2.83. The fourth-order valence-electron chi connectivity index (χ4n) is 3.12. The third-order valence-corrected chi connectivity index (χ3v) is 4.59. The molecule has 136 valence electrons. The van der Waals surface area contributed by atoms with E-state index in [0.29, 0.717) is 18.8 Å². The molecule has 5 nitrogen and oxygen atoms in total. The van der Waals surface area contributed by atoms with E-state index in [2.05, 4.69) is 34.9 Å². The summed E-state index contributed by atoms with van der Waals surface area (Å²) in [5.74, 6) is 0. The molecule has 3 rings (SSSR count). The summed E-state index contributed by atoms with van der Waals surface area (Å²) in [7, 11) is -0.898. The van der Waals surface area contributed by atoms with Crippen molar-refractivity contribution in [3.8, 4) is 0 Å². The first-order chi connectivity index (χ1) is 12.7. The lowest BCUT2D eigenvalue weighted by Gasteiger charge is -2.09. The smallest absolute Gasteiger partial charge is 0.423 e. The normalized spacial score (nSPS) is 12.7. The van der Waals surface area contributed by atoms with E-state index in [4.69, 9.17) is 4.65 Å².